The van der Waals surface area contributed by atoms with Crippen molar-refractivity contribution in [2.75, 3.05) is 13.6 Å². The average molecular weight is 283 g/mol. The summed E-state index contributed by atoms with van der Waals surface area (Å²) in [4.78, 5) is 3.96. The fourth-order valence-corrected chi connectivity index (χ4v) is 3.79. The van der Waals surface area contributed by atoms with Crippen LogP contribution in [0.2, 0.25) is 0 Å². The Morgan fingerprint density at radius 3 is 2.85 bits per heavy atom. The van der Waals surface area contributed by atoms with Crippen LogP contribution in [0.5, 0.6) is 0 Å². The largest absolute Gasteiger partial charge is 0.298 e. The SMILES string of the molecule is CN(CC=C1CCCc2sccc21)Cc1ccccc1. The molecule has 0 amide bonds. The number of fused-ring (bicyclic) bond motifs is 1. The lowest BCUT2D eigenvalue weighted by Crippen LogP contribution is -2.18. The molecule has 0 aliphatic heterocycles. The number of allylic oxidation sites excluding steroid dienone is 1. The third-order valence-electron chi connectivity index (χ3n) is 3.89. The quantitative estimate of drug-likeness (QED) is 0.792. The van der Waals surface area contributed by atoms with Gasteiger partial charge in [0.2, 0.25) is 0 Å². The first-order valence-electron chi connectivity index (χ1n) is 7.31. The highest BCUT2D eigenvalue weighted by atomic mass is 32.1. The minimum absolute atomic E-state index is 1.01. The van der Waals surface area contributed by atoms with Crippen molar-refractivity contribution in [3.8, 4) is 0 Å². The molecule has 1 aromatic carbocycles. The van der Waals surface area contributed by atoms with Gasteiger partial charge in [-0.15, -0.1) is 11.3 Å². The van der Waals surface area contributed by atoms with Crippen molar-refractivity contribution in [1.29, 1.82) is 0 Å². The molecule has 1 heterocycles. The molecule has 104 valence electrons. The number of thiophene rings is 1. The lowest BCUT2D eigenvalue weighted by molar-refractivity contribution is 0.363. The second-order valence-corrected chi connectivity index (χ2v) is 6.52. The summed E-state index contributed by atoms with van der Waals surface area (Å²) in [6.07, 6.45) is 6.24. The lowest BCUT2D eigenvalue weighted by Gasteiger charge is -2.18. The van der Waals surface area contributed by atoms with Gasteiger partial charge in [-0.25, -0.2) is 0 Å². The molecule has 2 heteroatoms. The van der Waals surface area contributed by atoms with Crippen LogP contribution in [0.4, 0.5) is 0 Å². The molecule has 0 radical (unpaired) electrons. The van der Waals surface area contributed by atoms with Crippen molar-refractivity contribution in [3.05, 3.63) is 63.9 Å². The topological polar surface area (TPSA) is 3.24 Å². The number of aryl methyl sites for hydroxylation is 1. The van der Waals surface area contributed by atoms with Crippen molar-refractivity contribution in [3.63, 3.8) is 0 Å². The smallest absolute Gasteiger partial charge is 0.0233 e. The maximum atomic E-state index is 2.42. The molecule has 0 bridgehead atoms. The standard InChI is InChI=1S/C18H21NS/c1-19(14-15-6-3-2-4-7-15)12-10-16-8-5-9-18-17(16)11-13-20-18/h2-4,6-7,10-11,13H,5,8-9,12,14H2,1H3. The Morgan fingerprint density at radius 2 is 2.00 bits per heavy atom. The lowest BCUT2D eigenvalue weighted by atomic mass is 9.93. The Morgan fingerprint density at radius 1 is 1.15 bits per heavy atom. The number of likely N-dealkylation sites (N-methyl/N-ethyl adjacent to an activating group) is 1. The van der Waals surface area contributed by atoms with Crippen molar-refractivity contribution >= 4 is 16.9 Å². The number of hydrogen-bond donors (Lipinski definition) is 0. The predicted octanol–water partition coefficient (Wildman–Crippen LogP) is 4.60. The van der Waals surface area contributed by atoms with Gasteiger partial charge in [-0.3, -0.25) is 4.90 Å². The Bertz CT molecular complexity index is 582. The van der Waals surface area contributed by atoms with E-state index in [4.69, 9.17) is 0 Å². The molecule has 0 fully saturated rings. The second-order valence-electron chi connectivity index (χ2n) is 5.52. The number of benzene rings is 1. The normalized spacial score (nSPS) is 16.6. The van der Waals surface area contributed by atoms with Crippen LogP contribution in [0.3, 0.4) is 0 Å². The van der Waals surface area contributed by atoms with E-state index in [0.717, 1.165) is 13.1 Å². The summed E-state index contributed by atoms with van der Waals surface area (Å²) < 4.78 is 0. The van der Waals surface area contributed by atoms with E-state index < -0.39 is 0 Å². The zero-order valence-corrected chi connectivity index (χ0v) is 12.8. The molecule has 0 unspecified atom stereocenters. The summed E-state index contributed by atoms with van der Waals surface area (Å²) >= 11 is 1.91. The predicted molar refractivity (Wildman–Crippen MR) is 88.0 cm³/mol. The Kier molecular flexibility index (Phi) is 4.34. The summed E-state index contributed by atoms with van der Waals surface area (Å²) in [7, 11) is 2.20. The van der Waals surface area contributed by atoms with Crippen LogP contribution in [0.15, 0.2) is 47.9 Å². The van der Waals surface area contributed by atoms with Gasteiger partial charge in [0.15, 0.2) is 0 Å². The average Bonchev–Trinajstić information content (AvgIpc) is 2.95. The van der Waals surface area contributed by atoms with E-state index in [1.165, 1.54) is 30.4 Å². The minimum Gasteiger partial charge on any atom is -0.298 e. The molecular weight excluding hydrogens is 262 g/mol. The number of rotatable bonds is 4. The first-order chi connectivity index (χ1) is 9.83. The Hall–Kier alpha value is -1.38. The minimum atomic E-state index is 1.01. The van der Waals surface area contributed by atoms with Crippen molar-refractivity contribution in [2.45, 2.75) is 25.8 Å². The van der Waals surface area contributed by atoms with Gasteiger partial charge in [-0.1, -0.05) is 36.4 Å². The molecule has 0 atom stereocenters. The fourth-order valence-electron chi connectivity index (χ4n) is 2.83. The molecule has 0 spiro atoms. The zero-order valence-electron chi connectivity index (χ0n) is 12.0. The van der Waals surface area contributed by atoms with Crippen LogP contribution in [-0.2, 0) is 13.0 Å². The van der Waals surface area contributed by atoms with E-state index in [2.05, 4.69) is 59.8 Å². The summed E-state index contributed by atoms with van der Waals surface area (Å²) in [5.74, 6) is 0. The molecule has 20 heavy (non-hydrogen) atoms. The number of hydrogen-bond acceptors (Lipinski definition) is 2. The van der Waals surface area contributed by atoms with E-state index in [1.54, 1.807) is 10.5 Å². The van der Waals surface area contributed by atoms with Gasteiger partial charge in [-0.2, -0.15) is 0 Å². The van der Waals surface area contributed by atoms with Gasteiger partial charge in [-0.05, 0) is 54.5 Å². The molecule has 1 nitrogen and oxygen atoms in total. The van der Waals surface area contributed by atoms with Gasteiger partial charge in [0, 0.05) is 18.0 Å². The summed E-state index contributed by atoms with van der Waals surface area (Å²) in [5.41, 5.74) is 4.44. The third-order valence-corrected chi connectivity index (χ3v) is 4.87. The molecule has 1 aliphatic rings. The maximum absolute atomic E-state index is 2.42. The highest BCUT2D eigenvalue weighted by Gasteiger charge is 2.14. The van der Waals surface area contributed by atoms with Crippen LogP contribution in [0.1, 0.15) is 28.8 Å². The Balaban J connectivity index is 1.63. The monoisotopic (exact) mass is 283 g/mol. The van der Waals surface area contributed by atoms with Gasteiger partial charge in [0.1, 0.15) is 0 Å². The molecule has 1 aliphatic carbocycles. The fraction of sp³-hybridized carbons (Fsp3) is 0.333. The van der Waals surface area contributed by atoms with Crippen LogP contribution < -0.4 is 0 Å². The van der Waals surface area contributed by atoms with Crippen molar-refractivity contribution in [2.24, 2.45) is 0 Å². The van der Waals surface area contributed by atoms with Crippen molar-refractivity contribution in [1.82, 2.24) is 4.90 Å². The van der Waals surface area contributed by atoms with E-state index in [1.807, 2.05) is 11.3 Å². The van der Waals surface area contributed by atoms with Gasteiger partial charge in [0.05, 0.1) is 0 Å². The number of nitrogens with zero attached hydrogens (tertiary/aromatic N) is 1. The van der Waals surface area contributed by atoms with Crippen LogP contribution >= 0.6 is 11.3 Å². The summed E-state index contributed by atoms with van der Waals surface area (Å²) in [5, 5.41) is 2.23. The second kappa shape index (κ2) is 6.38. The molecule has 0 saturated carbocycles. The zero-order chi connectivity index (χ0) is 13.8. The molecular formula is C18H21NS. The molecule has 0 N–H and O–H groups in total. The first kappa shape index (κ1) is 13.6. The van der Waals surface area contributed by atoms with E-state index in [-0.39, 0.29) is 0 Å². The van der Waals surface area contributed by atoms with E-state index in [0.29, 0.717) is 0 Å². The van der Waals surface area contributed by atoms with Crippen LogP contribution in [-0.4, -0.2) is 18.5 Å². The van der Waals surface area contributed by atoms with Crippen molar-refractivity contribution < 1.29 is 0 Å². The summed E-state index contributed by atoms with van der Waals surface area (Å²) in [6, 6.07) is 13.0. The first-order valence-corrected chi connectivity index (χ1v) is 8.19. The van der Waals surface area contributed by atoms with Gasteiger partial charge in [0.25, 0.3) is 0 Å². The van der Waals surface area contributed by atoms with E-state index >= 15 is 0 Å². The van der Waals surface area contributed by atoms with Crippen LogP contribution in [0.25, 0.3) is 5.57 Å². The molecule has 0 saturated heterocycles. The molecule has 3 rings (SSSR count). The maximum Gasteiger partial charge on any atom is 0.0233 e. The van der Waals surface area contributed by atoms with Gasteiger partial charge >= 0.3 is 0 Å². The summed E-state index contributed by atoms with van der Waals surface area (Å²) in [6.45, 7) is 2.04. The highest BCUT2D eigenvalue weighted by molar-refractivity contribution is 7.10. The third kappa shape index (κ3) is 3.20. The molecule has 1 aromatic heterocycles. The highest BCUT2D eigenvalue weighted by Crippen LogP contribution is 2.33. The van der Waals surface area contributed by atoms with Gasteiger partial charge < -0.3 is 0 Å². The Labute approximate surface area is 125 Å². The van der Waals surface area contributed by atoms with Crippen LogP contribution in [0, 0.1) is 0 Å². The molecule has 2 aromatic rings. The van der Waals surface area contributed by atoms with E-state index in [9.17, 15) is 0 Å².